The summed E-state index contributed by atoms with van der Waals surface area (Å²) in [6.07, 6.45) is 89.5. The molecule has 0 fully saturated rings. The molecule has 1 amide bonds. The summed E-state index contributed by atoms with van der Waals surface area (Å²) < 4.78 is 23.4. The number of carbonyl (C=O) groups excluding carboxylic acids is 1. The first-order chi connectivity index (χ1) is 39.5. The Kier molecular flexibility index (Phi) is 60.0. The molecule has 0 aliphatic heterocycles. The number of phosphoric acid groups is 1. The van der Waals surface area contributed by atoms with Crippen molar-refractivity contribution in [2.75, 3.05) is 40.9 Å². The second-order valence-corrected chi connectivity index (χ2v) is 25.5. The van der Waals surface area contributed by atoms with Crippen molar-refractivity contribution in [1.29, 1.82) is 0 Å². The lowest BCUT2D eigenvalue weighted by Gasteiger charge is -2.29. The van der Waals surface area contributed by atoms with Crippen molar-refractivity contribution < 1.29 is 32.9 Å². The van der Waals surface area contributed by atoms with Crippen molar-refractivity contribution in [3.05, 3.63) is 97.2 Å². The summed E-state index contributed by atoms with van der Waals surface area (Å²) in [5.74, 6) is -0.212. The Labute approximate surface area is 502 Å². The first kappa shape index (κ1) is 78.4. The van der Waals surface area contributed by atoms with Crippen LogP contribution >= 0.6 is 7.82 Å². The van der Waals surface area contributed by atoms with E-state index in [4.69, 9.17) is 9.05 Å². The highest BCUT2D eigenvalue weighted by Crippen LogP contribution is 2.38. The fourth-order valence-electron chi connectivity index (χ4n) is 9.74. The molecule has 0 heterocycles. The van der Waals surface area contributed by atoms with Crippen LogP contribution in [0.15, 0.2) is 97.2 Å². The lowest BCUT2D eigenvalue weighted by atomic mass is 10.0. The van der Waals surface area contributed by atoms with E-state index in [2.05, 4.69) is 104 Å². The number of carbonyl (C=O) groups is 1. The van der Waals surface area contributed by atoms with Gasteiger partial charge in [0, 0.05) is 6.42 Å². The van der Waals surface area contributed by atoms with Gasteiger partial charge in [-0.25, -0.2) is 0 Å². The number of hydrogen-bond acceptors (Lipinski definition) is 6. The molecule has 470 valence electrons. The number of aliphatic hydroxyl groups is 1. The molecule has 3 atom stereocenters. The summed E-state index contributed by atoms with van der Waals surface area (Å²) in [6.45, 7) is 4.53. The molecule has 0 aromatic carbocycles. The van der Waals surface area contributed by atoms with Crippen molar-refractivity contribution in [1.82, 2.24) is 5.32 Å². The minimum absolute atomic E-state index is 0.0120. The predicted molar refractivity (Wildman–Crippen MR) is 353 cm³/mol. The molecule has 81 heavy (non-hydrogen) atoms. The minimum atomic E-state index is -4.62. The highest BCUT2D eigenvalue weighted by molar-refractivity contribution is 7.45. The average Bonchev–Trinajstić information content (AvgIpc) is 3.43. The smallest absolute Gasteiger partial charge is 0.268 e. The molecule has 0 saturated heterocycles. The lowest BCUT2D eigenvalue weighted by Crippen LogP contribution is -2.45. The largest absolute Gasteiger partial charge is 0.756 e. The summed E-state index contributed by atoms with van der Waals surface area (Å²) in [7, 11) is 1.23. The van der Waals surface area contributed by atoms with Crippen LogP contribution in [-0.4, -0.2) is 68.5 Å². The van der Waals surface area contributed by atoms with Crippen molar-refractivity contribution in [3.8, 4) is 0 Å². The molecule has 9 heteroatoms. The number of allylic oxidation sites excluding steroid dienone is 15. The van der Waals surface area contributed by atoms with Crippen LogP contribution in [0, 0.1) is 0 Å². The van der Waals surface area contributed by atoms with E-state index in [1.54, 1.807) is 6.08 Å². The third-order valence-corrected chi connectivity index (χ3v) is 16.0. The number of phosphoric ester groups is 1. The van der Waals surface area contributed by atoms with Crippen LogP contribution in [0.3, 0.4) is 0 Å². The molecule has 0 aliphatic carbocycles. The first-order valence-corrected chi connectivity index (χ1v) is 35.6. The van der Waals surface area contributed by atoms with Crippen LogP contribution in [-0.2, 0) is 18.4 Å². The van der Waals surface area contributed by atoms with Crippen molar-refractivity contribution >= 4 is 13.7 Å². The second kappa shape index (κ2) is 62.0. The number of nitrogens with zero attached hydrogens (tertiary/aromatic N) is 1. The Morgan fingerprint density at radius 2 is 0.765 bits per heavy atom. The maximum atomic E-state index is 13.0. The Morgan fingerprint density at radius 3 is 1.15 bits per heavy atom. The summed E-state index contributed by atoms with van der Waals surface area (Å²) in [6, 6.07) is -0.917. The zero-order valence-electron chi connectivity index (χ0n) is 53.7. The molecule has 0 saturated carbocycles. The molecule has 0 aromatic heterocycles. The second-order valence-electron chi connectivity index (χ2n) is 24.1. The van der Waals surface area contributed by atoms with Gasteiger partial charge in [-0.1, -0.05) is 304 Å². The van der Waals surface area contributed by atoms with E-state index in [9.17, 15) is 19.4 Å². The Hall–Kier alpha value is -2.58. The van der Waals surface area contributed by atoms with E-state index < -0.39 is 26.6 Å². The highest BCUT2D eigenvalue weighted by atomic mass is 31.2. The maximum Gasteiger partial charge on any atom is 0.268 e. The van der Waals surface area contributed by atoms with Gasteiger partial charge in [-0.15, -0.1) is 0 Å². The topological polar surface area (TPSA) is 108 Å². The molecule has 0 aliphatic rings. The predicted octanol–water partition coefficient (Wildman–Crippen LogP) is 21.1. The molecule has 0 rings (SSSR count). The van der Waals surface area contributed by atoms with Crippen molar-refractivity contribution in [2.45, 2.75) is 315 Å². The standard InChI is InChI=1S/C72H131N2O6P/c1-6-8-10-12-14-16-18-20-22-24-26-28-30-32-34-36-37-38-40-42-44-46-48-50-52-54-56-58-60-62-64-66-72(76)73-70(69-80-81(77,78)79-68-67-74(3,4)5)71(75)65-63-61-59-57-55-53-51-49-47-45-43-41-39-35-33-31-29-27-25-23-21-19-17-15-13-11-9-7-2/h8,10,14,16,20,22,26,28,32,34,47,49,55,57,63,65,70-71,75H,6-7,9,11-13,15,17-19,21,23-25,27,29-31,33,35-46,48,50-54,56,58-62,64,66-69H2,1-5H3,(H-,73,76,77,78)/b10-8-,16-14-,22-20-,28-26-,34-32-,49-47+,57-55+,65-63+. The maximum absolute atomic E-state index is 13.0. The zero-order valence-corrected chi connectivity index (χ0v) is 54.6. The zero-order chi connectivity index (χ0) is 59.1. The van der Waals surface area contributed by atoms with E-state index in [0.29, 0.717) is 17.4 Å². The van der Waals surface area contributed by atoms with Crippen LogP contribution in [0.25, 0.3) is 0 Å². The van der Waals surface area contributed by atoms with E-state index in [1.165, 1.54) is 205 Å². The van der Waals surface area contributed by atoms with Gasteiger partial charge < -0.3 is 28.8 Å². The highest BCUT2D eigenvalue weighted by Gasteiger charge is 2.23. The minimum Gasteiger partial charge on any atom is -0.756 e. The SMILES string of the molecule is CC/C=C\C/C=C\C/C=C\C/C=C\C/C=C\CCCCCCCCCCCCCCCCCC(=O)NC(COP(=O)([O-])OCC[N+](C)(C)C)C(O)/C=C/CC/C=C/CC/C=C/CCCCCCCCCCCCCCCCCCCC. The van der Waals surface area contributed by atoms with Gasteiger partial charge in [0.25, 0.3) is 7.82 Å². The van der Waals surface area contributed by atoms with Gasteiger partial charge in [0.2, 0.25) is 5.91 Å². The first-order valence-electron chi connectivity index (χ1n) is 34.1. The van der Waals surface area contributed by atoms with Crippen LogP contribution in [0.4, 0.5) is 0 Å². The average molecular weight is 1150 g/mol. The van der Waals surface area contributed by atoms with Crippen molar-refractivity contribution in [2.24, 2.45) is 0 Å². The van der Waals surface area contributed by atoms with E-state index in [0.717, 1.165) is 77.0 Å². The van der Waals surface area contributed by atoms with E-state index in [-0.39, 0.29) is 12.5 Å². The molecule has 8 nitrogen and oxygen atoms in total. The van der Waals surface area contributed by atoms with Crippen LogP contribution < -0.4 is 10.2 Å². The molecule has 2 N–H and O–H groups in total. The summed E-state index contributed by atoms with van der Waals surface area (Å²) in [5, 5.41) is 13.9. The van der Waals surface area contributed by atoms with Gasteiger partial charge in [-0.3, -0.25) is 9.36 Å². The number of aliphatic hydroxyl groups excluding tert-OH is 1. The van der Waals surface area contributed by atoms with Gasteiger partial charge in [-0.05, 0) is 89.9 Å². The van der Waals surface area contributed by atoms with Gasteiger partial charge in [0.1, 0.15) is 13.2 Å². The number of unbranched alkanes of at least 4 members (excludes halogenated alkanes) is 35. The van der Waals surface area contributed by atoms with E-state index >= 15 is 0 Å². The van der Waals surface area contributed by atoms with Gasteiger partial charge in [0.05, 0.1) is 39.9 Å². The van der Waals surface area contributed by atoms with Crippen molar-refractivity contribution in [3.63, 3.8) is 0 Å². The van der Waals surface area contributed by atoms with E-state index in [1.807, 2.05) is 27.2 Å². The molecule has 0 radical (unpaired) electrons. The Balaban J connectivity index is 4.16. The molecule has 3 unspecified atom stereocenters. The molecule has 0 aromatic rings. The Morgan fingerprint density at radius 1 is 0.444 bits per heavy atom. The number of nitrogens with one attached hydrogen (secondary N) is 1. The third-order valence-electron chi connectivity index (χ3n) is 15.0. The molecular formula is C72H131N2O6P. The third kappa shape index (κ3) is 64.8. The number of likely N-dealkylation sites (N-methyl/N-ethyl adjacent to an activating group) is 1. The summed E-state index contributed by atoms with van der Waals surface area (Å²) >= 11 is 0. The monoisotopic (exact) mass is 1150 g/mol. The molecule has 0 spiro atoms. The number of quaternary nitrogens is 1. The quantitative estimate of drug-likeness (QED) is 0.0272. The molecular weight excluding hydrogens is 1020 g/mol. The van der Waals surface area contributed by atoms with Gasteiger partial charge in [-0.2, -0.15) is 0 Å². The van der Waals surface area contributed by atoms with Crippen LogP contribution in [0.2, 0.25) is 0 Å². The number of hydrogen-bond donors (Lipinski definition) is 2. The summed E-state index contributed by atoms with van der Waals surface area (Å²) in [5.41, 5.74) is 0. The Bertz CT molecular complexity index is 1640. The fourth-order valence-corrected chi connectivity index (χ4v) is 10.5. The van der Waals surface area contributed by atoms with Gasteiger partial charge >= 0.3 is 0 Å². The van der Waals surface area contributed by atoms with Crippen LogP contribution in [0.5, 0.6) is 0 Å². The lowest BCUT2D eigenvalue weighted by molar-refractivity contribution is -0.870. The number of rotatable bonds is 62. The molecule has 0 bridgehead atoms. The van der Waals surface area contributed by atoms with Crippen LogP contribution in [0.1, 0.15) is 303 Å². The fraction of sp³-hybridized carbons (Fsp3) is 0.764. The summed E-state index contributed by atoms with van der Waals surface area (Å²) in [4.78, 5) is 25.6. The normalized spacial score (nSPS) is 14.3. The van der Waals surface area contributed by atoms with Gasteiger partial charge in [0.15, 0.2) is 0 Å². The number of amides is 1.